The second kappa shape index (κ2) is 25.0. The minimum absolute atomic E-state index is 0.0694. The van der Waals surface area contributed by atoms with Gasteiger partial charge in [-0.25, -0.2) is 0 Å². The average Bonchev–Trinajstić information content (AvgIpc) is 2.73. The summed E-state index contributed by atoms with van der Waals surface area (Å²) in [7, 11) is 0. The van der Waals surface area contributed by atoms with E-state index in [0.29, 0.717) is 26.1 Å². The molecule has 0 aliphatic carbocycles. The zero-order valence-electron chi connectivity index (χ0n) is 19.9. The van der Waals surface area contributed by atoms with Gasteiger partial charge in [0.15, 0.2) is 0 Å². The maximum absolute atomic E-state index is 11.4. The molecule has 8 heteroatoms. The molecule has 0 aliphatic heterocycles. The van der Waals surface area contributed by atoms with Gasteiger partial charge < -0.3 is 25.7 Å². The number of unbranched alkanes of at least 4 members (excludes halogenated alkanes) is 10. The molecular weight excluding hydrogens is 400 g/mol. The maximum Gasteiger partial charge on any atom is 0.325 e. The van der Waals surface area contributed by atoms with Gasteiger partial charge in [0.1, 0.15) is 6.04 Å². The van der Waals surface area contributed by atoms with Crippen LogP contribution in [-0.4, -0.2) is 82.7 Å². The van der Waals surface area contributed by atoms with Gasteiger partial charge >= 0.3 is 5.97 Å². The molecule has 0 spiro atoms. The molecule has 0 saturated carbocycles. The smallest absolute Gasteiger partial charge is 0.325 e. The molecule has 0 aromatic carbocycles. The number of aliphatic hydroxyl groups excluding tert-OH is 3. The minimum atomic E-state index is -0.984. The highest BCUT2D eigenvalue weighted by atomic mass is 16.4. The predicted octanol–water partition coefficient (Wildman–Crippen LogP) is 2.54. The normalized spacial score (nSPS) is 11.7. The molecule has 5 N–H and O–H groups in total. The highest BCUT2D eigenvalue weighted by Gasteiger charge is 2.13. The molecule has 1 atom stereocenters. The third kappa shape index (κ3) is 24.9. The van der Waals surface area contributed by atoms with E-state index in [1.807, 2.05) is 0 Å². The molecule has 0 saturated heterocycles. The quantitative estimate of drug-likeness (QED) is 0.181. The monoisotopic (exact) mass is 448 g/mol. The number of rotatable bonds is 20. The Kier molecular flexibility index (Phi) is 25.8. The van der Waals surface area contributed by atoms with Crippen molar-refractivity contribution in [2.45, 2.75) is 96.9 Å². The fraction of sp³-hybridized carbons (Fsp3) is 0.913. The van der Waals surface area contributed by atoms with Gasteiger partial charge in [0, 0.05) is 26.1 Å². The summed E-state index contributed by atoms with van der Waals surface area (Å²) in [5.74, 6) is -1.14. The zero-order valence-corrected chi connectivity index (χ0v) is 19.9. The van der Waals surface area contributed by atoms with Crippen molar-refractivity contribution in [2.24, 2.45) is 0 Å². The lowest BCUT2D eigenvalue weighted by molar-refractivity contribution is -0.141. The van der Waals surface area contributed by atoms with E-state index in [1.54, 1.807) is 4.90 Å². The van der Waals surface area contributed by atoms with Crippen LogP contribution in [-0.2, 0) is 9.59 Å². The van der Waals surface area contributed by atoms with Gasteiger partial charge in [-0.3, -0.25) is 14.5 Å². The Labute approximate surface area is 189 Å². The summed E-state index contributed by atoms with van der Waals surface area (Å²) < 4.78 is 0. The Hall–Kier alpha value is -1.22. The van der Waals surface area contributed by atoms with Crippen molar-refractivity contribution in [1.29, 1.82) is 0 Å². The molecule has 0 aromatic heterocycles. The highest BCUT2D eigenvalue weighted by Crippen LogP contribution is 2.11. The van der Waals surface area contributed by atoms with E-state index in [-0.39, 0.29) is 25.7 Å². The molecule has 0 aromatic rings. The number of aliphatic carboxylic acids is 1. The fourth-order valence-corrected chi connectivity index (χ4v) is 3.08. The summed E-state index contributed by atoms with van der Waals surface area (Å²) in [6.45, 7) is 5.48. The number of carbonyl (C=O) groups excluding carboxylic acids is 1. The van der Waals surface area contributed by atoms with Crippen molar-refractivity contribution in [3.05, 3.63) is 0 Å². The highest BCUT2D eigenvalue weighted by molar-refractivity contribution is 5.83. The Bertz CT molecular complexity index is 395. The van der Waals surface area contributed by atoms with Crippen molar-refractivity contribution < 1.29 is 30.0 Å². The number of hydrogen-bond acceptors (Lipinski definition) is 6. The first kappa shape index (κ1) is 32.0. The average molecular weight is 449 g/mol. The van der Waals surface area contributed by atoms with Gasteiger partial charge in [-0.05, 0) is 13.3 Å². The summed E-state index contributed by atoms with van der Waals surface area (Å²) in [5, 5.41) is 36.6. The number of amides is 1. The molecule has 31 heavy (non-hydrogen) atoms. The van der Waals surface area contributed by atoms with Crippen LogP contribution in [0.15, 0.2) is 0 Å². The maximum atomic E-state index is 11.4. The summed E-state index contributed by atoms with van der Waals surface area (Å²) in [6, 6.07) is -0.787. The van der Waals surface area contributed by atoms with E-state index in [9.17, 15) is 9.59 Å². The Morgan fingerprint density at radius 2 is 1.13 bits per heavy atom. The largest absolute Gasteiger partial charge is 0.480 e. The number of nitrogens with zero attached hydrogens (tertiary/aromatic N) is 1. The molecule has 1 unspecified atom stereocenters. The number of aliphatic hydroxyl groups is 3. The molecular formula is C23H48N2O6. The first-order chi connectivity index (χ1) is 14.9. The topological polar surface area (TPSA) is 130 Å². The number of carboxylic acid groups (broad SMARTS) is 1. The lowest BCUT2D eigenvalue weighted by Crippen LogP contribution is -2.38. The lowest BCUT2D eigenvalue weighted by Gasteiger charge is -2.17. The molecule has 0 heterocycles. The summed E-state index contributed by atoms with van der Waals surface area (Å²) in [4.78, 5) is 23.8. The van der Waals surface area contributed by atoms with E-state index in [1.165, 1.54) is 64.7 Å². The van der Waals surface area contributed by atoms with Crippen LogP contribution in [0.3, 0.4) is 0 Å². The fourth-order valence-electron chi connectivity index (χ4n) is 3.08. The van der Waals surface area contributed by atoms with Crippen LogP contribution in [0, 0.1) is 0 Å². The van der Waals surface area contributed by atoms with E-state index in [4.69, 9.17) is 20.4 Å². The summed E-state index contributed by atoms with van der Waals surface area (Å²) >= 11 is 0. The first-order valence-electron chi connectivity index (χ1n) is 12.0. The number of carboxylic acids is 1. The van der Waals surface area contributed by atoms with Crippen molar-refractivity contribution in [3.63, 3.8) is 0 Å². The molecule has 0 aliphatic rings. The van der Waals surface area contributed by atoms with E-state index < -0.39 is 12.0 Å². The summed E-state index contributed by atoms with van der Waals surface area (Å²) in [6.07, 6.45) is 14.2. The van der Waals surface area contributed by atoms with Crippen molar-refractivity contribution in [1.82, 2.24) is 10.2 Å². The minimum Gasteiger partial charge on any atom is -0.480 e. The molecule has 1 amide bonds. The van der Waals surface area contributed by atoms with E-state index in [2.05, 4.69) is 12.2 Å². The van der Waals surface area contributed by atoms with E-state index >= 15 is 0 Å². The molecule has 0 bridgehead atoms. The van der Waals surface area contributed by atoms with Gasteiger partial charge in [-0.2, -0.15) is 0 Å². The second-order valence-corrected chi connectivity index (χ2v) is 7.93. The van der Waals surface area contributed by atoms with Gasteiger partial charge in [-0.1, -0.05) is 71.1 Å². The zero-order chi connectivity index (χ0) is 23.7. The number of nitrogens with one attached hydrogen (secondary N) is 1. The molecule has 0 fully saturated rings. The van der Waals surface area contributed by atoms with Gasteiger partial charge in [0.25, 0.3) is 0 Å². The van der Waals surface area contributed by atoms with Crippen molar-refractivity contribution in [2.75, 3.05) is 39.5 Å². The van der Waals surface area contributed by atoms with Crippen LogP contribution in [0.4, 0.5) is 0 Å². The van der Waals surface area contributed by atoms with Crippen molar-refractivity contribution in [3.8, 4) is 0 Å². The van der Waals surface area contributed by atoms with Crippen LogP contribution in [0.5, 0.6) is 0 Å². The third-order valence-corrected chi connectivity index (χ3v) is 5.00. The first-order valence-corrected chi connectivity index (χ1v) is 12.0. The third-order valence-electron chi connectivity index (χ3n) is 5.00. The van der Waals surface area contributed by atoms with Crippen LogP contribution >= 0.6 is 0 Å². The Balaban J connectivity index is 0. The predicted molar refractivity (Wildman–Crippen MR) is 124 cm³/mol. The Morgan fingerprint density at radius 1 is 0.742 bits per heavy atom. The summed E-state index contributed by atoms with van der Waals surface area (Å²) in [5.41, 5.74) is 0. The SMILES string of the molecule is CCCCCCCCCCCCCC(=O)NC(C)C(=O)O.OCCN(CCO)CCO. The van der Waals surface area contributed by atoms with E-state index in [0.717, 1.165) is 12.8 Å². The molecule has 0 radical (unpaired) electrons. The van der Waals surface area contributed by atoms with Gasteiger partial charge in [-0.15, -0.1) is 0 Å². The molecule has 186 valence electrons. The van der Waals surface area contributed by atoms with Gasteiger partial charge in [0.2, 0.25) is 5.91 Å². The van der Waals surface area contributed by atoms with Gasteiger partial charge in [0.05, 0.1) is 19.8 Å². The Morgan fingerprint density at radius 3 is 1.48 bits per heavy atom. The number of carbonyl (C=O) groups is 2. The second-order valence-electron chi connectivity index (χ2n) is 7.93. The van der Waals surface area contributed by atoms with Crippen LogP contribution in [0.25, 0.3) is 0 Å². The van der Waals surface area contributed by atoms with Crippen LogP contribution < -0.4 is 5.32 Å². The van der Waals surface area contributed by atoms with Crippen LogP contribution in [0.2, 0.25) is 0 Å². The van der Waals surface area contributed by atoms with Crippen molar-refractivity contribution >= 4 is 11.9 Å². The lowest BCUT2D eigenvalue weighted by atomic mass is 10.1. The standard InChI is InChI=1S/C17H33NO3.C6H15NO3/c1-3-4-5-6-7-8-9-10-11-12-13-14-16(19)18-15(2)17(20)21;8-4-1-7(2-5-9)3-6-10/h15H,3-14H2,1-2H3,(H,18,19)(H,20,21);8-10H,1-6H2. The molecule has 8 nitrogen and oxygen atoms in total. The number of hydrogen-bond donors (Lipinski definition) is 5. The van der Waals surface area contributed by atoms with Crippen LogP contribution in [0.1, 0.15) is 90.9 Å². The molecule has 0 rings (SSSR count).